The number of aromatic nitrogens is 2. The van der Waals surface area contributed by atoms with Crippen LogP contribution in [0.3, 0.4) is 0 Å². The number of ether oxygens (including phenoxy) is 1. The van der Waals surface area contributed by atoms with Crippen LogP contribution in [0.5, 0.6) is 0 Å². The molecule has 1 aliphatic carbocycles. The van der Waals surface area contributed by atoms with Gasteiger partial charge in [-0.15, -0.1) is 0 Å². The summed E-state index contributed by atoms with van der Waals surface area (Å²) >= 11 is 0. The van der Waals surface area contributed by atoms with Gasteiger partial charge in [-0.05, 0) is 37.8 Å². The van der Waals surface area contributed by atoms with E-state index >= 15 is 0 Å². The summed E-state index contributed by atoms with van der Waals surface area (Å²) in [6, 6.07) is 9.81. The molecule has 0 atom stereocenters. The molecule has 1 heterocycles. The summed E-state index contributed by atoms with van der Waals surface area (Å²) in [5.41, 5.74) is 2.44. The number of rotatable bonds is 4. The van der Waals surface area contributed by atoms with E-state index in [-0.39, 0.29) is 5.97 Å². The predicted octanol–water partition coefficient (Wildman–Crippen LogP) is 2.93. The highest BCUT2D eigenvalue weighted by atomic mass is 16.5. The lowest BCUT2D eigenvalue weighted by atomic mass is 10.1. The third-order valence-electron chi connectivity index (χ3n) is 3.25. The predicted molar refractivity (Wildman–Crippen MR) is 71.5 cm³/mol. The molecule has 1 saturated carbocycles. The Kier molecular flexibility index (Phi) is 3.07. The highest BCUT2D eigenvalue weighted by Crippen LogP contribution is 2.41. The van der Waals surface area contributed by atoms with Crippen molar-refractivity contribution in [1.82, 2.24) is 9.78 Å². The topological polar surface area (TPSA) is 44.1 Å². The monoisotopic (exact) mass is 256 g/mol. The van der Waals surface area contributed by atoms with E-state index in [1.807, 2.05) is 43.5 Å². The maximum atomic E-state index is 11.9. The normalized spacial score (nSPS) is 14.4. The van der Waals surface area contributed by atoms with E-state index in [1.54, 1.807) is 4.68 Å². The van der Waals surface area contributed by atoms with E-state index in [1.165, 1.54) is 0 Å². The van der Waals surface area contributed by atoms with Gasteiger partial charge < -0.3 is 4.74 Å². The maximum Gasteiger partial charge on any atom is 0.359 e. The molecule has 0 bridgehead atoms. The molecule has 4 heteroatoms. The summed E-state index contributed by atoms with van der Waals surface area (Å²) in [5.74, 6) is 0.149. The Bertz CT molecular complexity index is 585. The van der Waals surface area contributed by atoms with Crippen LogP contribution in [0.25, 0.3) is 5.69 Å². The molecule has 0 saturated heterocycles. The number of carbonyl (C=O) groups excluding carboxylic acids is 1. The first kappa shape index (κ1) is 12.0. The molecule has 1 aromatic heterocycles. The van der Waals surface area contributed by atoms with Crippen molar-refractivity contribution in [3.8, 4) is 5.69 Å². The third kappa shape index (κ3) is 2.38. The van der Waals surface area contributed by atoms with Crippen LogP contribution in [-0.4, -0.2) is 22.4 Å². The van der Waals surface area contributed by atoms with Crippen molar-refractivity contribution in [3.63, 3.8) is 0 Å². The first-order valence-corrected chi connectivity index (χ1v) is 6.61. The summed E-state index contributed by atoms with van der Waals surface area (Å²) in [6.45, 7) is 2.18. The lowest BCUT2D eigenvalue weighted by Crippen LogP contribution is -2.08. The van der Waals surface area contributed by atoms with Gasteiger partial charge in [-0.1, -0.05) is 18.2 Å². The van der Waals surface area contributed by atoms with Gasteiger partial charge in [0, 0.05) is 11.8 Å². The second kappa shape index (κ2) is 4.88. The number of nitrogens with zero attached hydrogens (tertiary/aromatic N) is 2. The average molecular weight is 256 g/mol. The number of benzene rings is 1. The lowest BCUT2D eigenvalue weighted by molar-refractivity contribution is 0.0517. The molecule has 0 spiro atoms. The smallest absolute Gasteiger partial charge is 0.359 e. The second-order valence-electron chi connectivity index (χ2n) is 4.71. The third-order valence-corrected chi connectivity index (χ3v) is 3.25. The summed E-state index contributed by atoms with van der Waals surface area (Å²) in [7, 11) is 0. The molecule has 1 aliphatic rings. The first-order valence-electron chi connectivity index (χ1n) is 6.61. The fraction of sp³-hybridized carbons (Fsp3) is 0.333. The Morgan fingerprint density at radius 1 is 1.37 bits per heavy atom. The van der Waals surface area contributed by atoms with Crippen LogP contribution in [-0.2, 0) is 4.74 Å². The number of esters is 1. The summed E-state index contributed by atoms with van der Waals surface area (Å²) in [6.07, 6.45) is 4.22. The Morgan fingerprint density at radius 2 is 2.11 bits per heavy atom. The van der Waals surface area contributed by atoms with E-state index < -0.39 is 0 Å². The number of carbonyl (C=O) groups is 1. The largest absolute Gasteiger partial charge is 0.461 e. The van der Waals surface area contributed by atoms with E-state index in [9.17, 15) is 4.79 Å². The fourth-order valence-electron chi connectivity index (χ4n) is 2.15. The molecule has 1 aromatic carbocycles. The highest BCUT2D eigenvalue weighted by Gasteiger charge is 2.31. The number of para-hydroxylation sites is 1. The molecule has 19 heavy (non-hydrogen) atoms. The average Bonchev–Trinajstić information content (AvgIpc) is 3.19. The van der Waals surface area contributed by atoms with Gasteiger partial charge in [0.1, 0.15) is 0 Å². The summed E-state index contributed by atoms with van der Waals surface area (Å²) in [4.78, 5) is 11.9. The van der Waals surface area contributed by atoms with Crippen LogP contribution >= 0.6 is 0 Å². The second-order valence-corrected chi connectivity index (χ2v) is 4.71. The Hall–Kier alpha value is -2.10. The van der Waals surface area contributed by atoms with E-state index in [0.717, 1.165) is 24.1 Å². The molecular weight excluding hydrogens is 240 g/mol. The van der Waals surface area contributed by atoms with Crippen molar-refractivity contribution in [1.29, 1.82) is 0 Å². The van der Waals surface area contributed by atoms with Crippen molar-refractivity contribution in [2.75, 3.05) is 6.61 Å². The minimum atomic E-state index is -0.320. The molecule has 0 aliphatic heterocycles. The minimum Gasteiger partial charge on any atom is -0.461 e. The standard InChI is InChI=1S/C15H16N2O2/c1-2-19-15(18)14-13(11-8-9-11)10-17(16-14)12-6-4-3-5-7-12/h3-7,10-11H,2,8-9H2,1H3. The molecule has 0 N–H and O–H groups in total. The fourth-order valence-corrected chi connectivity index (χ4v) is 2.15. The van der Waals surface area contributed by atoms with E-state index in [0.29, 0.717) is 18.2 Å². The SMILES string of the molecule is CCOC(=O)c1nn(-c2ccccc2)cc1C1CC1. The molecule has 3 rings (SSSR count). The van der Waals surface area contributed by atoms with Crippen molar-refractivity contribution in [2.24, 2.45) is 0 Å². The molecule has 0 amide bonds. The Labute approximate surface area is 112 Å². The summed E-state index contributed by atoms with van der Waals surface area (Å²) < 4.78 is 6.84. The number of hydrogen-bond donors (Lipinski definition) is 0. The van der Waals surface area contributed by atoms with Gasteiger partial charge >= 0.3 is 5.97 Å². The van der Waals surface area contributed by atoms with Crippen molar-refractivity contribution in [3.05, 3.63) is 47.8 Å². The van der Waals surface area contributed by atoms with Crippen molar-refractivity contribution < 1.29 is 9.53 Å². The van der Waals surface area contributed by atoms with E-state index in [2.05, 4.69) is 5.10 Å². The number of hydrogen-bond acceptors (Lipinski definition) is 3. The zero-order valence-electron chi connectivity index (χ0n) is 10.9. The molecule has 1 fully saturated rings. The zero-order chi connectivity index (χ0) is 13.2. The molecule has 0 radical (unpaired) electrons. The Balaban J connectivity index is 1.99. The van der Waals surface area contributed by atoms with Crippen LogP contribution in [0.15, 0.2) is 36.5 Å². The van der Waals surface area contributed by atoms with Gasteiger partial charge in [-0.25, -0.2) is 9.48 Å². The van der Waals surface area contributed by atoms with Gasteiger partial charge in [0.2, 0.25) is 0 Å². The van der Waals surface area contributed by atoms with Gasteiger partial charge in [-0.2, -0.15) is 5.10 Å². The van der Waals surface area contributed by atoms with Crippen molar-refractivity contribution in [2.45, 2.75) is 25.7 Å². The quantitative estimate of drug-likeness (QED) is 0.790. The minimum absolute atomic E-state index is 0.320. The maximum absolute atomic E-state index is 11.9. The molecule has 98 valence electrons. The summed E-state index contributed by atoms with van der Waals surface area (Å²) in [5, 5.41) is 4.40. The van der Waals surface area contributed by atoms with Crippen LogP contribution in [0.2, 0.25) is 0 Å². The van der Waals surface area contributed by atoms with E-state index in [4.69, 9.17) is 4.74 Å². The van der Waals surface area contributed by atoms with Crippen LogP contribution < -0.4 is 0 Å². The van der Waals surface area contributed by atoms with Crippen molar-refractivity contribution >= 4 is 5.97 Å². The van der Waals surface area contributed by atoms with Gasteiger partial charge in [-0.3, -0.25) is 0 Å². The lowest BCUT2D eigenvalue weighted by Gasteiger charge is -2.00. The van der Waals surface area contributed by atoms with Crippen LogP contribution in [0.1, 0.15) is 41.7 Å². The molecule has 2 aromatic rings. The van der Waals surface area contributed by atoms with Crippen LogP contribution in [0.4, 0.5) is 0 Å². The van der Waals surface area contributed by atoms with Gasteiger partial charge in [0.15, 0.2) is 5.69 Å². The molecular formula is C15H16N2O2. The van der Waals surface area contributed by atoms with Gasteiger partial charge in [0.25, 0.3) is 0 Å². The zero-order valence-corrected chi connectivity index (χ0v) is 10.9. The van der Waals surface area contributed by atoms with Gasteiger partial charge in [0.05, 0.1) is 12.3 Å². The Morgan fingerprint density at radius 3 is 2.74 bits per heavy atom. The highest BCUT2D eigenvalue weighted by molar-refractivity contribution is 5.89. The van der Waals surface area contributed by atoms with Crippen LogP contribution in [0, 0.1) is 0 Å². The molecule has 0 unspecified atom stereocenters. The molecule has 4 nitrogen and oxygen atoms in total. The first-order chi connectivity index (χ1) is 9.29.